The van der Waals surface area contributed by atoms with E-state index < -0.39 is 0 Å². The Hall–Kier alpha value is -1.04. The highest BCUT2D eigenvalue weighted by Gasteiger charge is 2.06. The molecule has 0 atom stereocenters. The quantitative estimate of drug-likeness (QED) is 0.677. The largest absolute Gasteiger partial charge is 0.349 e. The molecule has 16 heavy (non-hydrogen) atoms. The van der Waals surface area contributed by atoms with Crippen LogP contribution >= 0.6 is 11.8 Å². The third kappa shape index (κ3) is 5.16. The summed E-state index contributed by atoms with van der Waals surface area (Å²) >= 11 is 1.88. The van der Waals surface area contributed by atoms with Gasteiger partial charge in [-0.15, -0.1) is 0 Å². The van der Waals surface area contributed by atoms with Gasteiger partial charge in [0.2, 0.25) is 5.82 Å². The van der Waals surface area contributed by atoms with Crippen LogP contribution in [0, 0.1) is 0 Å². The van der Waals surface area contributed by atoms with Crippen molar-refractivity contribution in [1.82, 2.24) is 20.5 Å². The number of hydrogen-bond acceptors (Lipinski definition) is 4. The van der Waals surface area contributed by atoms with E-state index in [1.165, 1.54) is 24.9 Å². The van der Waals surface area contributed by atoms with E-state index in [1.54, 1.807) is 0 Å². The number of amides is 1. The van der Waals surface area contributed by atoms with E-state index in [0.29, 0.717) is 6.54 Å². The number of unbranched alkanes of at least 4 members (excludes halogenated alkanes) is 3. The van der Waals surface area contributed by atoms with Crippen molar-refractivity contribution in [2.24, 2.45) is 0 Å². The van der Waals surface area contributed by atoms with Crippen LogP contribution in [0.15, 0.2) is 6.33 Å². The molecule has 1 aromatic rings. The fourth-order valence-corrected chi connectivity index (χ4v) is 1.82. The van der Waals surface area contributed by atoms with Crippen molar-refractivity contribution in [1.29, 1.82) is 0 Å². The third-order valence-corrected chi connectivity index (χ3v) is 2.89. The molecule has 0 aliphatic heterocycles. The Balaban J connectivity index is 1.97. The molecule has 0 saturated heterocycles. The van der Waals surface area contributed by atoms with Gasteiger partial charge in [-0.3, -0.25) is 9.89 Å². The highest BCUT2D eigenvalue weighted by atomic mass is 32.2. The maximum absolute atomic E-state index is 11.4. The van der Waals surface area contributed by atoms with E-state index in [2.05, 4.69) is 26.8 Å². The number of H-pyrrole nitrogens is 1. The van der Waals surface area contributed by atoms with Crippen molar-refractivity contribution in [3.8, 4) is 0 Å². The average Bonchev–Trinajstić information content (AvgIpc) is 2.81. The van der Waals surface area contributed by atoms with Gasteiger partial charge in [-0.2, -0.15) is 16.9 Å². The predicted molar refractivity (Wildman–Crippen MR) is 65.6 cm³/mol. The van der Waals surface area contributed by atoms with Crippen LogP contribution in [-0.4, -0.2) is 39.6 Å². The minimum Gasteiger partial charge on any atom is -0.349 e. The fourth-order valence-electron chi connectivity index (χ4n) is 1.33. The molecular formula is C10H18N4OS. The molecule has 0 aliphatic rings. The van der Waals surface area contributed by atoms with Gasteiger partial charge in [-0.05, 0) is 24.9 Å². The Kier molecular flexibility index (Phi) is 6.64. The minimum absolute atomic E-state index is 0.179. The van der Waals surface area contributed by atoms with Crippen molar-refractivity contribution >= 4 is 17.7 Å². The molecule has 0 unspecified atom stereocenters. The van der Waals surface area contributed by atoms with E-state index in [-0.39, 0.29) is 11.7 Å². The van der Waals surface area contributed by atoms with Gasteiger partial charge >= 0.3 is 0 Å². The van der Waals surface area contributed by atoms with Crippen molar-refractivity contribution in [3.05, 3.63) is 12.2 Å². The zero-order valence-corrected chi connectivity index (χ0v) is 10.3. The Morgan fingerprint density at radius 1 is 1.44 bits per heavy atom. The van der Waals surface area contributed by atoms with Crippen LogP contribution in [-0.2, 0) is 0 Å². The third-order valence-electron chi connectivity index (χ3n) is 2.19. The lowest BCUT2D eigenvalue weighted by Gasteiger charge is -2.02. The number of carbonyl (C=O) groups is 1. The Morgan fingerprint density at radius 3 is 2.94 bits per heavy atom. The summed E-state index contributed by atoms with van der Waals surface area (Å²) in [5.74, 6) is 1.33. The normalized spacial score (nSPS) is 10.3. The molecular weight excluding hydrogens is 224 g/mol. The Morgan fingerprint density at radius 2 is 2.25 bits per heavy atom. The molecule has 90 valence electrons. The van der Waals surface area contributed by atoms with Gasteiger partial charge in [0, 0.05) is 6.54 Å². The van der Waals surface area contributed by atoms with Crippen LogP contribution in [0.3, 0.4) is 0 Å². The van der Waals surface area contributed by atoms with E-state index in [1.807, 2.05) is 11.8 Å². The second-order valence-electron chi connectivity index (χ2n) is 3.50. The van der Waals surface area contributed by atoms with Crippen LogP contribution in [0.5, 0.6) is 0 Å². The smallest absolute Gasteiger partial charge is 0.288 e. The summed E-state index contributed by atoms with van der Waals surface area (Å²) in [5.41, 5.74) is 0. The molecule has 1 aromatic heterocycles. The minimum atomic E-state index is -0.179. The van der Waals surface area contributed by atoms with E-state index in [0.717, 1.165) is 12.8 Å². The molecule has 0 aromatic carbocycles. The van der Waals surface area contributed by atoms with Gasteiger partial charge in [0.1, 0.15) is 6.33 Å². The van der Waals surface area contributed by atoms with Crippen molar-refractivity contribution < 1.29 is 4.79 Å². The molecule has 2 N–H and O–H groups in total. The number of hydrogen-bond donors (Lipinski definition) is 2. The molecule has 1 rings (SSSR count). The van der Waals surface area contributed by atoms with Gasteiger partial charge in [-0.1, -0.05) is 12.8 Å². The van der Waals surface area contributed by atoms with Gasteiger partial charge in [0.05, 0.1) is 0 Å². The summed E-state index contributed by atoms with van der Waals surface area (Å²) < 4.78 is 0. The highest BCUT2D eigenvalue weighted by Crippen LogP contribution is 2.03. The average molecular weight is 242 g/mol. The molecule has 6 heteroatoms. The maximum atomic E-state index is 11.4. The lowest BCUT2D eigenvalue weighted by Crippen LogP contribution is -2.25. The Labute approximate surface area is 99.8 Å². The van der Waals surface area contributed by atoms with Gasteiger partial charge in [0.25, 0.3) is 5.91 Å². The molecule has 0 bridgehead atoms. The molecule has 1 heterocycles. The predicted octanol–water partition coefficient (Wildman–Crippen LogP) is 1.46. The maximum Gasteiger partial charge on any atom is 0.288 e. The van der Waals surface area contributed by atoms with E-state index in [4.69, 9.17) is 0 Å². The monoisotopic (exact) mass is 242 g/mol. The number of rotatable bonds is 8. The zero-order chi connectivity index (χ0) is 11.6. The number of nitrogens with zero attached hydrogens (tertiary/aromatic N) is 2. The second kappa shape index (κ2) is 8.15. The summed E-state index contributed by atoms with van der Waals surface area (Å²) in [4.78, 5) is 15.2. The van der Waals surface area contributed by atoms with Crippen molar-refractivity contribution in [2.45, 2.75) is 25.7 Å². The summed E-state index contributed by atoms with van der Waals surface area (Å²) in [7, 11) is 0. The van der Waals surface area contributed by atoms with Crippen molar-refractivity contribution in [2.75, 3.05) is 18.6 Å². The lowest BCUT2D eigenvalue weighted by molar-refractivity contribution is 0.0943. The van der Waals surface area contributed by atoms with E-state index >= 15 is 0 Å². The number of carbonyl (C=O) groups excluding carboxylic acids is 1. The van der Waals surface area contributed by atoms with Crippen LogP contribution in [0.4, 0.5) is 0 Å². The van der Waals surface area contributed by atoms with E-state index in [9.17, 15) is 4.79 Å². The summed E-state index contributed by atoms with van der Waals surface area (Å²) in [6.45, 7) is 0.707. The number of nitrogens with one attached hydrogen (secondary N) is 2. The molecule has 0 spiro atoms. The van der Waals surface area contributed by atoms with Crippen molar-refractivity contribution in [3.63, 3.8) is 0 Å². The first-order valence-electron chi connectivity index (χ1n) is 5.47. The molecule has 0 saturated carbocycles. The molecule has 5 nitrogen and oxygen atoms in total. The topological polar surface area (TPSA) is 70.7 Å². The van der Waals surface area contributed by atoms with Gasteiger partial charge in [0.15, 0.2) is 0 Å². The van der Waals surface area contributed by atoms with Crippen LogP contribution < -0.4 is 5.32 Å². The SMILES string of the molecule is CSCCCCCCNC(=O)c1ncn[nH]1. The summed E-state index contributed by atoms with van der Waals surface area (Å²) in [5, 5.41) is 8.95. The number of aromatic nitrogens is 3. The standard InChI is InChI=1S/C10H18N4OS/c1-16-7-5-3-2-4-6-11-10(15)9-12-8-13-14-9/h8H,2-7H2,1H3,(H,11,15)(H,12,13,14). The molecule has 0 aliphatic carbocycles. The first-order valence-corrected chi connectivity index (χ1v) is 6.86. The molecule has 1 amide bonds. The van der Waals surface area contributed by atoms with Gasteiger partial charge < -0.3 is 5.32 Å². The summed E-state index contributed by atoms with van der Waals surface area (Å²) in [6, 6.07) is 0. The first kappa shape index (κ1) is 13.0. The molecule has 0 radical (unpaired) electrons. The first-order chi connectivity index (χ1) is 7.84. The highest BCUT2D eigenvalue weighted by molar-refractivity contribution is 7.98. The fraction of sp³-hybridized carbons (Fsp3) is 0.700. The molecule has 0 fully saturated rings. The zero-order valence-electron chi connectivity index (χ0n) is 9.53. The number of thioether (sulfide) groups is 1. The van der Waals surface area contributed by atoms with Crippen LogP contribution in [0.25, 0.3) is 0 Å². The summed E-state index contributed by atoms with van der Waals surface area (Å²) in [6.07, 6.45) is 8.14. The Bertz CT molecular complexity index is 289. The van der Waals surface area contributed by atoms with Crippen LogP contribution in [0.2, 0.25) is 0 Å². The second-order valence-corrected chi connectivity index (χ2v) is 4.48. The van der Waals surface area contributed by atoms with Crippen LogP contribution in [0.1, 0.15) is 36.3 Å². The number of aromatic amines is 1. The van der Waals surface area contributed by atoms with Gasteiger partial charge in [-0.25, -0.2) is 4.98 Å². The lowest BCUT2D eigenvalue weighted by atomic mass is 10.2.